The second-order valence-corrected chi connectivity index (χ2v) is 8.21. The van der Waals surface area contributed by atoms with Gasteiger partial charge in [-0.1, -0.05) is 13.0 Å². The zero-order valence-corrected chi connectivity index (χ0v) is 15.8. The fourth-order valence-electron chi connectivity index (χ4n) is 2.01. The quantitative estimate of drug-likeness (QED) is 0.655. The first kappa shape index (κ1) is 19.1. The summed E-state index contributed by atoms with van der Waals surface area (Å²) in [6.45, 7) is 2.15. The van der Waals surface area contributed by atoms with E-state index >= 15 is 0 Å². The van der Waals surface area contributed by atoms with Crippen LogP contribution >= 0.6 is 23.5 Å². The molecule has 1 heterocycles. The minimum Gasteiger partial charge on any atom is -0.465 e. The molecule has 0 bridgehead atoms. The largest absolute Gasteiger partial charge is 0.465 e. The Kier molecular flexibility index (Phi) is 6.96. The molecular formula is C14H19N3O4S3. The van der Waals surface area contributed by atoms with Crippen molar-refractivity contribution in [2.45, 2.75) is 30.7 Å². The molecule has 0 aliphatic carbocycles. The number of hydrogen-bond donors (Lipinski definition) is 1. The maximum absolute atomic E-state index is 12.7. The van der Waals surface area contributed by atoms with Crippen LogP contribution in [0.3, 0.4) is 0 Å². The van der Waals surface area contributed by atoms with Gasteiger partial charge in [-0.3, -0.25) is 4.79 Å². The monoisotopic (exact) mass is 389 g/mol. The van der Waals surface area contributed by atoms with Crippen molar-refractivity contribution in [3.05, 3.63) is 18.2 Å². The van der Waals surface area contributed by atoms with E-state index in [4.69, 9.17) is 4.74 Å². The third kappa shape index (κ3) is 4.65. The molecule has 2 aromatic rings. The minimum atomic E-state index is -3.91. The Hall–Kier alpha value is -1.23. The van der Waals surface area contributed by atoms with E-state index in [1.165, 1.54) is 17.8 Å². The zero-order valence-electron chi connectivity index (χ0n) is 13.4. The van der Waals surface area contributed by atoms with Gasteiger partial charge in [0.05, 0.1) is 18.3 Å². The van der Waals surface area contributed by atoms with E-state index in [0.29, 0.717) is 29.6 Å². The van der Waals surface area contributed by atoms with Crippen LogP contribution in [0.25, 0.3) is 11.0 Å². The summed E-state index contributed by atoms with van der Waals surface area (Å²) in [6.07, 6.45) is 2.93. The molecule has 1 aromatic heterocycles. The van der Waals surface area contributed by atoms with Gasteiger partial charge in [0.1, 0.15) is 22.0 Å². The molecular weight excluding hydrogens is 370 g/mol. The number of carbonyl (C=O) groups excluding carboxylic acids is 1. The van der Waals surface area contributed by atoms with E-state index in [0.717, 1.165) is 11.7 Å². The summed E-state index contributed by atoms with van der Waals surface area (Å²) in [4.78, 5) is 12.2. The molecule has 0 amide bonds. The molecule has 0 aliphatic rings. The molecule has 2 rings (SSSR count). The van der Waals surface area contributed by atoms with Gasteiger partial charge in [0.2, 0.25) is 10.0 Å². The average Bonchev–Trinajstić information content (AvgIpc) is 3.04. The Labute approximate surface area is 149 Å². The van der Waals surface area contributed by atoms with Crippen molar-refractivity contribution in [3.63, 3.8) is 0 Å². The van der Waals surface area contributed by atoms with Crippen LogP contribution in [0.5, 0.6) is 0 Å². The first-order valence-corrected chi connectivity index (χ1v) is 11.0. The Balaban J connectivity index is 2.25. The maximum atomic E-state index is 12.7. The van der Waals surface area contributed by atoms with Crippen LogP contribution in [0, 0.1) is 0 Å². The van der Waals surface area contributed by atoms with Crippen LogP contribution in [0.15, 0.2) is 23.1 Å². The van der Waals surface area contributed by atoms with E-state index in [1.54, 1.807) is 12.1 Å². The van der Waals surface area contributed by atoms with E-state index in [2.05, 4.69) is 13.5 Å². The molecule has 24 heavy (non-hydrogen) atoms. The van der Waals surface area contributed by atoms with Gasteiger partial charge < -0.3 is 4.74 Å². The summed E-state index contributed by atoms with van der Waals surface area (Å²) in [5.74, 6) is 0.0784. The SMILES string of the molecule is CCCOC(=O)[C@@H](CCSC)NS(=O)(=O)c1cccc2nsnc12. The highest BCUT2D eigenvalue weighted by Gasteiger charge is 2.28. The normalized spacial score (nSPS) is 13.1. The second kappa shape index (κ2) is 8.75. The topological polar surface area (TPSA) is 98.2 Å². The summed E-state index contributed by atoms with van der Waals surface area (Å²) < 4.78 is 41.1. The predicted octanol–water partition coefficient (Wildman–Crippen LogP) is 2.04. The Bertz CT molecular complexity index is 791. The number of hydrogen-bond acceptors (Lipinski definition) is 8. The van der Waals surface area contributed by atoms with E-state index in [-0.39, 0.29) is 11.5 Å². The third-order valence-corrected chi connectivity index (χ3v) is 5.87. The first-order valence-electron chi connectivity index (χ1n) is 7.38. The molecule has 0 aliphatic heterocycles. The van der Waals surface area contributed by atoms with Crippen LogP contribution in [0.4, 0.5) is 0 Å². The smallest absolute Gasteiger partial charge is 0.324 e. The van der Waals surface area contributed by atoms with Gasteiger partial charge in [0.25, 0.3) is 0 Å². The number of esters is 1. The molecule has 1 N–H and O–H groups in total. The van der Waals surface area contributed by atoms with Crippen molar-refractivity contribution in [2.24, 2.45) is 0 Å². The number of sulfonamides is 1. The van der Waals surface area contributed by atoms with Crippen LogP contribution in [-0.2, 0) is 19.6 Å². The van der Waals surface area contributed by atoms with Crippen LogP contribution in [0.2, 0.25) is 0 Å². The van der Waals surface area contributed by atoms with Gasteiger partial charge in [-0.05, 0) is 37.0 Å². The highest BCUT2D eigenvalue weighted by atomic mass is 32.2. The van der Waals surface area contributed by atoms with E-state index in [1.807, 2.05) is 13.2 Å². The molecule has 0 radical (unpaired) electrons. The molecule has 7 nitrogen and oxygen atoms in total. The summed E-state index contributed by atoms with van der Waals surface area (Å²) in [5, 5.41) is 0. The van der Waals surface area contributed by atoms with Gasteiger partial charge in [-0.25, -0.2) is 8.42 Å². The van der Waals surface area contributed by atoms with Crippen molar-refractivity contribution < 1.29 is 17.9 Å². The number of nitrogens with zero attached hydrogens (tertiary/aromatic N) is 2. The number of thioether (sulfide) groups is 1. The number of rotatable bonds is 9. The summed E-state index contributed by atoms with van der Waals surface area (Å²) in [6, 6.07) is 3.83. The highest BCUT2D eigenvalue weighted by Crippen LogP contribution is 2.21. The summed E-state index contributed by atoms with van der Waals surface area (Å²) >= 11 is 2.48. The Morgan fingerprint density at radius 3 is 2.92 bits per heavy atom. The standard InChI is InChI=1S/C14H19N3O4S3/c1-3-8-21-14(18)11(7-9-22-2)17-24(19,20)12-6-4-5-10-13(12)16-23-15-10/h4-6,11,17H,3,7-9H2,1-2H3/t11-/m1/s1. The molecule has 1 aromatic carbocycles. The van der Waals surface area contributed by atoms with Crippen LogP contribution in [0.1, 0.15) is 19.8 Å². The number of carbonyl (C=O) groups is 1. The number of ether oxygens (including phenoxy) is 1. The number of nitrogens with one attached hydrogen (secondary N) is 1. The van der Waals surface area contributed by atoms with Crippen molar-refractivity contribution in [1.29, 1.82) is 0 Å². The Morgan fingerprint density at radius 1 is 1.42 bits per heavy atom. The summed E-state index contributed by atoms with van der Waals surface area (Å²) in [5.41, 5.74) is 0.817. The van der Waals surface area contributed by atoms with Crippen LogP contribution in [-0.4, -0.2) is 47.8 Å². The van der Waals surface area contributed by atoms with Crippen LogP contribution < -0.4 is 4.72 Å². The fraction of sp³-hybridized carbons (Fsp3) is 0.500. The van der Waals surface area contributed by atoms with Crippen molar-refractivity contribution in [1.82, 2.24) is 13.5 Å². The predicted molar refractivity (Wildman–Crippen MR) is 95.8 cm³/mol. The molecule has 0 spiro atoms. The van der Waals surface area contributed by atoms with Gasteiger partial charge in [0.15, 0.2) is 0 Å². The van der Waals surface area contributed by atoms with Crippen molar-refractivity contribution in [3.8, 4) is 0 Å². The maximum Gasteiger partial charge on any atom is 0.324 e. The molecule has 0 fully saturated rings. The lowest BCUT2D eigenvalue weighted by Gasteiger charge is -2.17. The van der Waals surface area contributed by atoms with Gasteiger partial charge in [0, 0.05) is 0 Å². The van der Waals surface area contributed by atoms with E-state index < -0.39 is 22.0 Å². The second-order valence-electron chi connectivity index (χ2n) is 5.01. The van der Waals surface area contributed by atoms with Gasteiger partial charge in [-0.15, -0.1) is 0 Å². The molecule has 1 atom stereocenters. The lowest BCUT2D eigenvalue weighted by Crippen LogP contribution is -2.42. The molecule has 0 unspecified atom stereocenters. The average molecular weight is 390 g/mol. The molecule has 132 valence electrons. The number of aromatic nitrogens is 2. The molecule has 10 heteroatoms. The summed E-state index contributed by atoms with van der Waals surface area (Å²) in [7, 11) is -3.91. The lowest BCUT2D eigenvalue weighted by atomic mass is 10.2. The highest BCUT2D eigenvalue weighted by molar-refractivity contribution is 7.98. The lowest BCUT2D eigenvalue weighted by molar-refractivity contribution is -0.145. The van der Waals surface area contributed by atoms with E-state index in [9.17, 15) is 13.2 Å². The van der Waals surface area contributed by atoms with Gasteiger partial charge >= 0.3 is 5.97 Å². The van der Waals surface area contributed by atoms with Gasteiger partial charge in [-0.2, -0.15) is 25.2 Å². The van der Waals surface area contributed by atoms with Crippen molar-refractivity contribution >= 4 is 50.5 Å². The number of fused-ring (bicyclic) bond motifs is 1. The zero-order chi connectivity index (χ0) is 17.6. The molecule has 0 saturated heterocycles. The fourth-order valence-corrected chi connectivity index (χ4v) is 4.47. The first-order chi connectivity index (χ1) is 11.5. The number of benzene rings is 1. The minimum absolute atomic E-state index is 0.0196. The Morgan fingerprint density at radius 2 is 2.21 bits per heavy atom. The molecule has 0 saturated carbocycles. The third-order valence-electron chi connectivity index (χ3n) is 3.18. The van der Waals surface area contributed by atoms with Crippen molar-refractivity contribution in [2.75, 3.05) is 18.6 Å².